The van der Waals surface area contributed by atoms with Gasteiger partial charge in [0.1, 0.15) is 5.75 Å². The molecule has 126 valence electrons. The Morgan fingerprint density at radius 2 is 1.88 bits per heavy atom. The van der Waals surface area contributed by atoms with Crippen molar-refractivity contribution in [3.63, 3.8) is 0 Å². The first-order valence-corrected chi connectivity index (χ1v) is 7.79. The summed E-state index contributed by atoms with van der Waals surface area (Å²) < 4.78 is 5.27. The molecule has 1 N–H and O–H groups in total. The van der Waals surface area contributed by atoms with E-state index >= 15 is 0 Å². The topological polar surface area (TPSA) is 81.5 Å². The average Bonchev–Trinajstić information content (AvgIpc) is 2.55. The normalized spacial score (nSPS) is 10.2. The van der Waals surface area contributed by atoms with Gasteiger partial charge in [-0.15, -0.1) is 0 Å². The minimum absolute atomic E-state index is 0.0355. The van der Waals surface area contributed by atoms with E-state index in [9.17, 15) is 14.9 Å². The van der Waals surface area contributed by atoms with Crippen LogP contribution in [0, 0.1) is 10.1 Å². The van der Waals surface area contributed by atoms with E-state index in [2.05, 4.69) is 5.32 Å². The van der Waals surface area contributed by atoms with Crippen molar-refractivity contribution in [3.8, 4) is 5.75 Å². The first-order valence-electron chi connectivity index (χ1n) is 7.03. The number of carbonyl (C=O) groups is 1. The zero-order valence-corrected chi connectivity index (χ0v) is 14.0. The van der Waals surface area contributed by atoms with Gasteiger partial charge in [-0.05, 0) is 36.2 Å². The number of rotatable bonds is 7. The third kappa shape index (κ3) is 5.40. The maximum Gasteiger partial charge on any atom is 0.269 e. The van der Waals surface area contributed by atoms with Crippen molar-refractivity contribution in [2.75, 3.05) is 13.2 Å². The zero-order chi connectivity index (χ0) is 17.5. The average molecular weight is 369 g/mol. The van der Waals surface area contributed by atoms with Crippen molar-refractivity contribution in [2.24, 2.45) is 0 Å². The predicted molar refractivity (Wildman–Crippen MR) is 91.8 cm³/mol. The van der Waals surface area contributed by atoms with Gasteiger partial charge in [0, 0.05) is 28.7 Å². The monoisotopic (exact) mass is 368 g/mol. The second-order valence-corrected chi connectivity index (χ2v) is 5.72. The lowest BCUT2D eigenvalue weighted by Gasteiger charge is -2.08. The Kier molecular flexibility index (Phi) is 6.40. The summed E-state index contributed by atoms with van der Waals surface area (Å²) in [6.45, 7) is 0.232. The van der Waals surface area contributed by atoms with Gasteiger partial charge in [0.05, 0.1) is 4.92 Å². The van der Waals surface area contributed by atoms with Gasteiger partial charge >= 0.3 is 0 Å². The highest BCUT2D eigenvalue weighted by molar-refractivity contribution is 6.35. The van der Waals surface area contributed by atoms with Crippen molar-refractivity contribution in [1.29, 1.82) is 0 Å². The van der Waals surface area contributed by atoms with E-state index in [4.69, 9.17) is 27.9 Å². The molecule has 0 heterocycles. The molecule has 8 heteroatoms. The number of nitro groups is 1. The number of benzene rings is 2. The summed E-state index contributed by atoms with van der Waals surface area (Å²) >= 11 is 11.9. The maximum absolute atomic E-state index is 11.7. The van der Waals surface area contributed by atoms with E-state index in [0.29, 0.717) is 28.8 Å². The highest BCUT2D eigenvalue weighted by atomic mass is 35.5. The molecule has 0 aliphatic carbocycles. The Balaban J connectivity index is 1.74. The number of amides is 1. The van der Waals surface area contributed by atoms with Gasteiger partial charge in [-0.2, -0.15) is 0 Å². The van der Waals surface area contributed by atoms with E-state index in [-0.39, 0.29) is 18.2 Å². The molecule has 0 fully saturated rings. The van der Waals surface area contributed by atoms with Crippen molar-refractivity contribution >= 4 is 34.8 Å². The molecule has 0 radical (unpaired) electrons. The standard InChI is InChI=1S/C16H14Cl2N2O4/c17-12-2-1-11(15(18)9-12)7-8-19-16(21)10-24-14-5-3-13(4-6-14)20(22)23/h1-6,9H,7-8,10H2,(H,19,21). The number of hydrogen-bond donors (Lipinski definition) is 1. The largest absolute Gasteiger partial charge is 0.484 e. The van der Waals surface area contributed by atoms with Crippen molar-refractivity contribution < 1.29 is 14.5 Å². The van der Waals surface area contributed by atoms with E-state index in [1.54, 1.807) is 12.1 Å². The van der Waals surface area contributed by atoms with Crippen LogP contribution in [0.4, 0.5) is 5.69 Å². The first-order chi connectivity index (χ1) is 11.5. The van der Waals surface area contributed by atoms with Crippen LogP contribution in [0.3, 0.4) is 0 Å². The fourth-order valence-electron chi connectivity index (χ4n) is 1.93. The van der Waals surface area contributed by atoms with E-state index in [0.717, 1.165) is 5.56 Å². The molecule has 0 unspecified atom stereocenters. The third-order valence-electron chi connectivity index (χ3n) is 3.15. The minimum Gasteiger partial charge on any atom is -0.484 e. The van der Waals surface area contributed by atoms with Crippen LogP contribution in [0.15, 0.2) is 42.5 Å². The molecule has 2 aromatic rings. The summed E-state index contributed by atoms with van der Waals surface area (Å²) in [6.07, 6.45) is 0.569. The fraction of sp³-hybridized carbons (Fsp3) is 0.188. The number of carbonyl (C=O) groups excluding carboxylic acids is 1. The quantitative estimate of drug-likeness (QED) is 0.597. The Bertz CT molecular complexity index is 735. The number of ether oxygens (including phenoxy) is 1. The number of non-ortho nitro benzene ring substituents is 1. The molecule has 0 aliphatic heterocycles. The first kappa shape index (κ1) is 18.0. The Morgan fingerprint density at radius 3 is 2.50 bits per heavy atom. The smallest absolute Gasteiger partial charge is 0.269 e. The van der Waals surface area contributed by atoms with Crippen LogP contribution < -0.4 is 10.1 Å². The fourth-order valence-corrected chi connectivity index (χ4v) is 2.43. The van der Waals surface area contributed by atoms with Gasteiger partial charge in [-0.1, -0.05) is 29.3 Å². The lowest BCUT2D eigenvalue weighted by Crippen LogP contribution is -2.30. The van der Waals surface area contributed by atoms with Gasteiger partial charge in [-0.3, -0.25) is 14.9 Å². The van der Waals surface area contributed by atoms with Crippen LogP contribution in [0.25, 0.3) is 0 Å². The lowest BCUT2D eigenvalue weighted by atomic mass is 10.1. The van der Waals surface area contributed by atoms with Gasteiger partial charge in [0.2, 0.25) is 0 Å². The third-order valence-corrected chi connectivity index (χ3v) is 3.74. The van der Waals surface area contributed by atoms with Gasteiger partial charge < -0.3 is 10.1 Å². The van der Waals surface area contributed by atoms with E-state index in [1.807, 2.05) is 6.07 Å². The Morgan fingerprint density at radius 1 is 1.17 bits per heavy atom. The molecule has 2 rings (SSSR count). The molecule has 0 atom stereocenters. The van der Waals surface area contributed by atoms with Crippen LogP contribution in [0.5, 0.6) is 5.75 Å². The lowest BCUT2D eigenvalue weighted by molar-refractivity contribution is -0.384. The number of hydrogen-bond acceptors (Lipinski definition) is 4. The predicted octanol–water partition coefficient (Wildman–Crippen LogP) is 3.64. The molecule has 0 spiro atoms. The Labute approximate surface area is 148 Å². The maximum atomic E-state index is 11.7. The second kappa shape index (κ2) is 8.52. The summed E-state index contributed by atoms with van der Waals surface area (Å²) in [5.74, 6) is 0.0925. The van der Waals surface area contributed by atoms with Crippen LogP contribution >= 0.6 is 23.2 Å². The Hall–Kier alpha value is -2.31. The molecule has 0 saturated heterocycles. The summed E-state index contributed by atoms with van der Waals surface area (Å²) in [5.41, 5.74) is 0.851. The van der Waals surface area contributed by atoms with Gasteiger partial charge in [0.25, 0.3) is 11.6 Å². The molecule has 0 aromatic heterocycles. The molecular weight excluding hydrogens is 355 g/mol. The molecule has 6 nitrogen and oxygen atoms in total. The molecule has 0 bridgehead atoms. The highest BCUT2D eigenvalue weighted by Gasteiger charge is 2.07. The van der Waals surface area contributed by atoms with Gasteiger partial charge in [-0.25, -0.2) is 0 Å². The molecule has 2 aromatic carbocycles. The SMILES string of the molecule is O=C(COc1ccc([N+](=O)[O-])cc1)NCCc1ccc(Cl)cc1Cl. The number of nitro benzene ring substituents is 1. The summed E-state index contributed by atoms with van der Waals surface area (Å²) in [7, 11) is 0. The molecule has 0 saturated carbocycles. The van der Waals surface area contributed by atoms with Crippen LogP contribution in [-0.2, 0) is 11.2 Å². The van der Waals surface area contributed by atoms with E-state index < -0.39 is 4.92 Å². The molecule has 1 amide bonds. The zero-order valence-electron chi connectivity index (χ0n) is 12.5. The minimum atomic E-state index is -0.502. The molecular formula is C16H14Cl2N2O4. The summed E-state index contributed by atoms with van der Waals surface area (Å²) in [5, 5.41) is 14.4. The molecule has 24 heavy (non-hydrogen) atoms. The second-order valence-electron chi connectivity index (χ2n) is 4.88. The van der Waals surface area contributed by atoms with Crippen LogP contribution in [-0.4, -0.2) is 24.0 Å². The van der Waals surface area contributed by atoms with Crippen molar-refractivity contribution in [1.82, 2.24) is 5.32 Å². The highest BCUT2D eigenvalue weighted by Crippen LogP contribution is 2.21. The van der Waals surface area contributed by atoms with Gasteiger partial charge in [0.15, 0.2) is 6.61 Å². The number of nitrogens with one attached hydrogen (secondary N) is 1. The van der Waals surface area contributed by atoms with Crippen molar-refractivity contribution in [2.45, 2.75) is 6.42 Å². The van der Waals surface area contributed by atoms with Crippen LogP contribution in [0.2, 0.25) is 10.0 Å². The number of halogens is 2. The summed E-state index contributed by atoms with van der Waals surface area (Å²) in [4.78, 5) is 21.8. The number of nitrogens with zero attached hydrogens (tertiary/aromatic N) is 1. The summed E-state index contributed by atoms with van der Waals surface area (Å²) in [6, 6.07) is 10.7. The van der Waals surface area contributed by atoms with E-state index in [1.165, 1.54) is 24.3 Å². The van der Waals surface area contributed by atoms with Crippen molar-refractivity contribution in [3.05, 3.63) is 68.2 Å². The molecule has 0 aliphatic rings. The van der Waals surface area contributed by atoms with Crippen LogP contribution in [0.1, 0.15) is 5.56 Å².